The van der Waals surface area contributed by atoms with Gasteiger partial charge in [-0.1, -0.05) is 6.92 Å². The van der Waals surface area contributed by atoms with E-state index >= 15 is 0 Å². The van der Waals surface area contributed by atoms with Crippen LogP contribution in [0.4, 0.5) is 0 Å². The maximum Gasteiger partial charge on any atom is 0.337 e. The first-order chi connectivity index (χ1) is 8.19. The smallest absolute Gasteiger partial charge is 0.337 e. The number of carbonyl (C=O) groups excluding carboxylic acids is 1. The average molecular weight is 240 g/mol. The van der Waals surface area contributed by atoms with E-state index in [0.717, 1.165) is 24.2 Å². The summed E-state index contributed by atoms with van der Waals surface area (Å²) in [5.74, 6) is 1.30. The number of hydrogen-bond donors (Lipinski definition) is 0. The molecule has 1 aliphatic heterocycles. The molecule has 0 aromatic carbocycles. The van der Waals surface area contributed by atoms with Crippen LogP contribution in [0.5, 0.6) is 0 Å². The number of methoxy groups -OCH3 is 1. The molecule has 0 aromatic heterocycles. The SMILES string of the molecule is CCOC(=O)C1=C2OC[C@@H](OC)[C@H]2[C@H](C)CC1. The second-order valence-electron chi connectivity index (χ2n) is 4.69. The molecule has 0 unspecified atom stereocenters. The van der Waals surface area contributed by atoms with E-state index in [1.807, 2.05) is 6.92 Å². The Balaban J connectivity index is 2.26. The molecular formula is C13H20O4. The first-order valence-electron chi connectivity index (χ1n) is 6.24. The lowest BCUT2D eigenvalue weighted by molar-refractivity contribution is -0.139. The molecule has 4 heteroatoms. The van der Waals surface area contributed by atoms with Gasteiger partial charge in [0.1, 0.15) is 18.5 Å². The molecule has 3 atom stereocenters. The van der Waals surface area contributed by atoms with Crippen molar-refractivity contribution in [1.29, 1.82) is 0 Å². The van der Waals surface area contributed by atoms with Gasteiger partial charge in [-0.25, -0.2) is 4.79 Å². The zero-order valence-electron chi connectivity index (χ0n) is 10.7. The van der Waals surface area contributed by atoms with Gasteiger partial charge >= 0.3 is 5.97 Å². The van der Waals surface area contributed by atoms with Gasteiger partial charge in [0.15, 0.2) is 0 Å². The number of fused-ring (bicyclic) bond motifs is 1. The lowest BCUT2D eigenvalue weighted by atomic mass is 9.78. The van der Waals surface area contributed by atoms with E-state index < -0.39 is 0 Å². The van der Waals surface area contributed by atoms with Gasteiger partial charge in [-0.2, -0.15) is 0 Å². The van der Waals surface area contributed by atoms with Crippen molar-refractivity contribution in [2.45, 2.75) is 32.8 Å². The van der Waals surface area contributed by atoms with E-state index in [2.05, 4.69) is 6.92 Å². The minimum absolute atomic E-state index is 0.0738. The van der Waals surface area contributed by atoms with Gasteiger partial charge in [-0.05, 0) is 25.7 Å². The van der Waals surface area contributed by atoms with Crippen LogP contribution < -0.4 is 0 Å². The highest BCUT2D eigenvalue weighted by Crippen LogP contribution is 2.42. The topological polar surface area (TPSA) is 44.8 Å². The summed E-state index contributed by atoms with van der Waals surface area (Å²) in [5, 5.41) is 0. The molecule has 2 rings (SSSR count). The molecule has 0 amide bonds. The summed E-state index contributed by atoms with van der Waals surface area (Å²) in [6.45, 7) is 4.96. The fraction of sp³-hybridized carbons (Fsp3) is 0.769. The molecule has 0 aromatic rings. The van der Waals surface area contributed by atoms with E-state index in [9.17, 15) is 4.79 Å². The Bertz CT molecular complexity index is 334. The van der Waals surface area contributed by atoms with Gasteiger partial charge in [0, 0.05) is 13.0 Å². The molecule has 17 heavy (non-hydrogen) atoms. The van der Waals surface area contributed by atoms with Crippen LogP contribution in [-0.4, -0.2) is 32.4 Å². The van der Waals surface area contributed by atoms with Gasteiger partial charge < -0.3 is 14.2 Å². The van der Waals surface area contributed by atoms with Crippen LogP contribution in [0.2, 0.25) is 0 Å². The van der Waals surface area contributed by atoms with E-state index in [-0.39, 0.29) is 18.0 Å². The van der Waals surface area contributed by atoms with Crippen molar-refractivity contribution in [3.8, 4) is 0 Å². The number of ether oxygens (including phenoxy) is 3. The quantitative estimate of drug-likeness (QED) is 0.707. The van der Waals surface area contributed by atoms with Crippen molar-refractivity contribution in [1.82, 2.24) is 0 Å². The molecule has 0 N–H and O–H groups in total. The fourth-order valence-electron chi connectivity index (χ4n) is 2.76. The maximum absolute atomic E-state index is 11.8. The third-order valence-corrected chi connectivity index (χ3v) is 3.69. The number of hydrogen-bond acceptors (Lipinski definition) is 4. The molecule has 0 spiro atoms. The van der Waals surface area contributed by atoms with Crippen molar-refractivity contribution < 1.29 is 19.0 Å². The monoisotopic (exact) mass is 240 g/mol. The summed E-state index contributed by atoms with van der Waals surface area (Å²) in [5.41, 5.74) is 0.717. The van der Waals surface area contributed by atoms with E-state index in [1.165, 1.54) is 0 Å². The molecule has 1 saturated heterocycles. The van der Waals surface area contributed by atoms with Crippen molar-refractivity contribution in [3.05, 3.63) is 11.3 Å². The fourth-order valence-corrected chi connectivity index (χ4v) is 2.76. The molecule has 1 heterocycles. The summed E-state index contributed by atoms with van der Waals surface area (Å²) in [7, 11) is 1.70. The maximum atomic E-state index is 11.8. The Kier molecular flexibility index (Phi) is 3.72. The van der Waals surface area contributed by atoms with Crippen molar-refractivity contribution in [3.63, 3.8) is 0 Å². The van der Waals surface area contributed by atoms with Gasteiger partial charge in [0.25, 0.3) is 0 Å². The molecule has 1 aliphatic carbocycles. The van der Waals surface area contributed by atoms with E-state index in [4.69, 9.17) is 14.2 Å². The summed E-state index contributed by atoms with van der Waals surface area (Å²) >= 11 is 0. The number of esters is 1. The highest BCUT2D eigenvalue weighted by molar-refractivity contribution is 5.89. The highest BCUT2D eigenvalue weighted by atomic mass is 16.6. The minimum Gasteiger partial charge on any atom is -0.494 e. The van der Waals surface area contributed by atoms with Crippen LogP contribution in [0, 0.1) is 11.8 Å². The van der Waals surface area contributed by atoms with Gasteiger partial charge in [0.05, 0.1) is 12.2 Å². The lowest BCUT2D eigenvalue weighted by Crippen LogP contribution is -2.30. The third kappa shape index (κ3) is 2.18. The van der Waals surface area contributed by atoms with Crippen molar-refractivity contribution in [2.75, 3.05) is 20.3 Å². The van der Waals surface area contributed by atoms with E-state index in [1.54, 1.807) is 7.11 Å². The van der Waals surface area contributed by atoms with E-state index in [0.29, 0.717) is 19.1 Å². The molecular weight excluding hydrogens is 220 g/mol. The van der Waals surface area contributed by atoms with Crippen LogP contribution in [0.25, 0.3) is 0 Å². The zero-order chi connectivity index (χ0) is 12.4. The summed E-state index contributed by atoms with van der Waals surface area (Å²) in [6, 6.07) is 0. The Morgan fingerprint density at radius 3 is 2.94 bits per heavy atom. The molecule has 0 saturated carbocycles. The van der Waals surface area contributed by atoms with Gasteiger partial charge in [-0.3, -0.25) is 0 Å². The lowest BCUT2D eigenvalue weighted by Gasteiger charge is -2.28. The number of carbonyl (C=O) groups is 1. The van der Waals surface area contributed by atoms with Crippen LogP contribution in [-0.2, 0) is 19.0 Å². The highest BCUT2D eigenvalue weighted by Gasteiger charge is 2.43. The molecule has 0 bridgehead atoms. The number of rotatable bonds is 3. The van der Waals surface area contributed by atoms with Crippen LogP contribution in [0.1, 0.15) is 26.7 Å². The Hall–Kier alpha value is -1.03. The minimum atomic E-state index is -0.226. The Morgan fingerprint density at radius 2 is 2.29 bits per heavy atom. The van der Waals surface area contributed by atoms with Gasteiger partial charge in [0.2, 0.25) is 0 Å². The van der Waals surface area contributed by atoms with Crippen LogP contribution in [0.3, 0.4) is 0 Å². The average Bonchev–Trinajstić information content (AvgIpc) is 2.74. The third-order valence-electron chi connectivity index (χ3n) is 3.69. The molecule has 0 radical (unpaired) electrons. The second-order valence-corrected chi connectivity index (χ2v) is 4.69. The predicted octanol–water partition coefficient (Wildman–Crippen LogP) is 1.89. The van der Waals surface area contributed by atoms with Crippen LogP contribution in [0.15, 0.2) is 11.3 Å². The first kappa shape index (κ1) is 12.4. The standard InChI is InChI=1S/C13H20O4/c1-4-16-13(14)9-6-5-8(2)11-10(15-3)7-17-12(9)11/h8,10-11H,4-7H2,1-3H3/t8-,10-,11-/m1/s1. The Morgan fingerprint density at radius 1 is 1.53 bits per heavy atom. The zero-order valence-corrected chi connectivity index (χ0v) is 10.7. The normalized spacial score (nSPS) is 32.1. The van der Waals surface area contributed by atoms with Crippen molar-refractivity contribution >= 4 is 5.97 Å². The first-order valence-corrected chi connectivity index (χ1v) is 6.24. The molecule has 2 aliphatic rings. The molecule has 4 nitrogen and oxygen atoms in total. The summed E-state index contributed by atoms with van der Waals surface area (Å²) in [6.07, 6.45) is 1.82. The second kappa shape index (κ2) is 5.08. The predicted molar refractivity (Wildman–Crippen MR) is 62.3 cm³/mol. The molecule has 96 valence electrons. The molecule has 1 fully saturated rings. The Labute approximate surface area is 102 Å². The van der Waals surface area contributed by atoms with Crippen molar-refractivity contribution in [2.24, 2.45) is 11.8 Å². The van der Waals surface area contributed by atoms with Gasteiger partial charge in [-0.15, -0.1) is 0 Å². The largest absolute Gasteiger partial charge is 0.494 e. The summed E-state index contributed by atoms with van der Waals surface area (Å²) < 4.78 is 16.2. The van der Waals surface area contributed by atoms with Crippen LogP contribution >= 0.6 is 0 Å². The summed E-state index contributed by atoms with van der Waals surface area (Å²) in [4.78, 5) is 11.8.